The molecule has 0 aliphatic carbocycles. The van der Waals surface area contributed by atoms with Crippen molar-refractivity contribution in [2.75, 3.05) is 13.2 Å². The first-order valence-electron chi connectivity index (χ1n) is 36.1. The Hall–Kier alpha value is -3.41. The highest BCUT2D eigenvalue weighted by Crippen LogP contribution is 2.17. The first-order valence-corrected chi connectivity index (χ1v) is 36.1. The van der Waals surface area contributed by atoms with Crippen molar-refractivity contribution < 1.29 is 28.6 Å². The minimum Gasteiger partial charge on any atom is -0.462 e. The Bertz CT molecular complexity index is 1570. The molecule has 6 heteroatoms. The zero-order chi connectivity index (χ0) is 59.9. The maximum atomic E-state index is 13.0. The molecule has 0 rings (SSSR count). The fourth-order valence-corrected chi connectivity index (χ4v) is 10.5. The Labute approximate surface area is 515 Å². The fraction of sp³-hybridized carbons (Fsp3) is 0.779. The number of hydrogen-bond donors (Lipinski definition) is 0. The third-order valence-corrected chi connectivity index (χ3v) is 15.9. The van der Waals surface area contributed by atoms with Crippen molar-refractivity contribution in [1.29, 1.82) is 0 Å². The van der Waals surface area contributed by atoms with E-state index in [0.717, 1.165) is 109 Å². The molecule has 6 nitrogen and oxygen atoms in total. The van der Waals surface area contributed by atoms with Gasteiger partial charge in [-0.1, -0.05) is 318 Å². The smallest absolute Gasteiger partial charge is 0.306 e. The fourth-order valence-electron chi connectivity index (χ4n) is 10.5. The van der Waals surface area contributed by atoms with Crippen LogP contribution in [0.2, 0.25) is 0 Å². The molecular weight excluding hydrogens is 1020 g/mol. The average molecular weight is 1160 g/mol. The summed E-state index contributed by atoms with van der Waals surface area (Å²) in [7, 11) is 0. The van der Waals surface area contributed by atoms with E-state index in [1.807, 2.05) is 0 Å². The molecule has 0 radical (unpaired) electrons. The maximum Gasteiger partial charge on any atom is 0.306 e. The van der Waals surface area contributed by atoms with Gasteiger partial charge in [-0.25, -0.2) is 0 Å². The Morgan fingerprint density at radius 3 is 0.747 bits per heavy atom. The number of esters is 3. The molecule has 0 spiro atoms. The molecule has 0 aromatic carbocycles. The van der Waals surface area contributed by atoms with Crippen LogP contribution in [0, 0.1) is 0 Å². The van der Waals surface area contributed by atoms with Gasteiger partial charge in [0.2, 0.25) is 0 Å². The lowest BCUT2D eigenvalue weighted by molar-refractivity contribution is -0.167. The second-order valence-electron chi connectivity index (χ2n) is 24.1. The Morgan fingerprint density at radius 2 is 0.470 bits per heavy atom. The van der Waals surface area contributed by atoms with Crippen LogP contribution < -0.4 is 0 Å². The molecule has 0 aromatic heterocycles. The molecule has 0 amide bonds. The summed E-state index contributed by atoms with van der Waals surface area (Å²) in [4.78, 5) is 38.5. The van der Waals surface area contributed by atoms with Gasteiger partial charge in [-0.2, -0.15) is 0 Å². The van der Waals surface area contributed by atoms with Gasteiger partial charge in [0.1, 0.15) is 13.2 Å². The van der Waals surface area contributed by atoms with Crippen LogP contribution in [0.5, 0.6) is 0 Å². The predicted octanol–water partition coefficient (Wildman–Crippen LogP) is 25.0. The zero-order valence-corrected chi connectivity index (χ0v) is 55.2. The largest absolute Gasteiger partial charge is 0.462 e. The van der Waals surface area contributed by atoms with E-state index in [1.54, 1.807) is 0 Å². The monoisotopic (exact) mass is 1160 g/mol. The van der Waals surface area contributed by atoms with Crippen molar-refractivity contribution in [3.05, 3.63) is 85.1 Å². The van der Waals surface area contributed by atoms with Gasteiger partial charge in [0.15, 0.2) is 6.10 Å². The normalized spacial score (nSPS) is 12.6. The second kappa shape index (κ2) is 71.1. The Kier molecular flexibility index (Phi) is 68.2. The van der Waals surface area contributed by atoms with Gasteiger partial charge in [-0.05, 0) is 116 Å². The summed E-state index contributed by atoms with van der Waals surface area (Å²) in [5.41, 5.74) is 0. The topological polar surface area (TPSA) is 78.9 Å². The van der Waals surface area contributed by atoms with Gasteiger partial charge in [0, 0.05) is 19.3 Å². The van der Waals surface area contributed by atoms with E-state index in [1.165, 1.54) is 218 Å². The van der Waals surface area contributed by atoms with Crippen molar-refractivity contribution in [2.24, 2.45) is 0 Å². The van der Waals surface area contributed by atoms with Crippen molar-refractivity contribution in [1.82, 2.24) is 0 Å². The molecule has 480 valence electrons. The number of ether oxygens (including phenoxy) is 3. The molecule has 83 heavy (non-hydrogen) atoms. The number of unbranched alkanes of at least 4 members (excludes halogenated alkanes) is 41. The summed E-state index contributed by atoms with van der Waals surface area (Å²) in [6, 6.07) is 0. The predicted molar refractivity (Wildman–Crippen MR) is 362 cm³/mol. The number of rotatable bonds is 66. The number of hydrogen-bond acceptors (Lipinski definition) is 6. The van der Waals surface area contributed by atoms with Gasteiger partial charge in [-0.15, -0.1) is 0 Å². The highest BCUT2D eigenvalue weighted by molar-refractivity contribution is 5.71. The van der Waals surface area contributed by atoms with Gasteiger partial charge in [-0.3, -0.25) is 14.4 Å². The lowest BCUT2D eigenvalue weighted by atomic mass is 10.0. The molecule has 0 aliphatic rings. The molecule has 0 bridgehead atoms. The summed E-state index contributed by atoms with van der Waals surface area (Å²) >= 11 is 0. The standard InChI is InChI=1S/C77H136O6/c1-4-7-10-13-16-19-22-25-28-31-34-37-38-41-43-46-49-52-55-58-61-64-67-70-76(79)82-73-74(83-77(80)71-68-65-62-59-56-53-50-47-44-40-36-33-30-27-24-21-18-15-12-9-6-3)72-81-75(78)69-66-63-60-57-54-51-48-45-42-39-35-32-29-26-23-20-17-14-11-8-5-2/h9,12,18,21,27,30-32,34-36,40,47,50,74H,4-8,10-11,13-17,19-20,22-26,28-29,33,37-39,41-46,48-49,51-73H2,1-3H3/b12-9-,21-18-,30-27-,34-31-,35-32-,40-36-,50-47-. The van der Waals surface area contributed by atoms with Gasteiger partial charge < -0.3 is 14.2 Å². The minimum absolute atomic E-state index is 0.0836. The van der Waals surface area contributed by atoms with Crippen LogP contribution in [0.1, 0.15) is 367 Å². The van der Waals surface area contributed by atoms with E-state index in [0.29, 0.717) is 19.3 Å². The van der Waals surface area contributed by atoms with Crippen LogP contribution in [-0.4, -0.2) is 37.2 Å². The highest BCUT2D eigenvalue weighted by atomic mass is 16.6. The van der Waals surface area contributed by atoms with E-state index in [-0.39, 0.29) is 31.1 Å². The van der Waals surface area contributed by atoms with Crippen LogP contribution in [0.4, 0.5) is 0 Å². The van der Waals surface area contributed by atoms with E-state index in [2.05, 4.69) is 106 Å². The molecule has 1 atom stereocenters. The molecule has 0 N–H and O–H groups in total. The van der Waals surface area contributed by atoms with Crippen LogP contribution in [-0.2, 0) is 28.6 Å². The molecular formula is C77H136O6. The first kappa shape index (κ1) is 79.6. The molecule has 0 aliphatic heterocycles. The summed E-state index contributed by atoms with van der Waals surface area (Å²) in [6.45, 7) is 6.56. The van der Waals surface area contributed by atoms with Crippen molar-refractivity contribution >= 4 is 17.9 Å². The van der Waals surface area contributed by atoms with E-state index >= 15 is 0 Å². The second-order valence-corrected chi connectivity index (χ2v) is 24.1. The SMILES string of the molecule is CC/C=C\C/C=C\C/C=C\C/C=C\C/C=C\CCCCCCCC(=O)OC(COC(=O)CCCCCCCCCCC/C=C\CCCCCCCCCC)COC(=O)CCCCCCCCCCCCC/C=C\CCCCCCCCCC. The Morgan fingerprint density at radius 1 is 0.253 bits per heavy atom. The molecule has 0 saturated carbocycles. The number of carbonyl (C=O) groups is 3. The lowest BCUT2D eigenvalue weighted by Gasteiger charge is -2.18. The van der Waals surface area contributed by atoms with Crippen molar-refractivity contribution in [3.8, 4) is 0 Å². The summed E-state index contributed by atoms with van der Waals surface area (Å²) in [6.07, 6.45) is 94.6. The zero-order valence-electron chi connectivity index (χ0n) is 55.2. The van der Waals surface area contributed by atoms with Gasteiger partial charge >= 0.3 is 17.9 Å². The van der Waals surface area contributed by atoms with Crippen molar-refractivity contribution in [2.45, 2.75) is 374 Å². The quantitative estimate of drug-likeness (QED) is 0.0261. The number of allylic oxidation sites excluding steroid dienone is 14. The van der Waals surface area contributed by atoms with E-state index in [4.69, 9.17) is 14.2 Å². The Balaban J connectivity index is 4.39. The summed E-state index contributed by atoms with van der Waals surface area (Å²) < 4.78 is 17.0. The maximum absolute atomic E-state index is 13.0. The third kappa shape index (κ3) is 69.3. The van der Waals surface area contributed by atoms with Crippen LogP contribution in [0.25, 0.3) is 0 Å². The summed E-state index contributed by atoms with van der Waals surface area (Å²) in [5, 5.41) is 0. The van der Waals surface area contributed by atoms with E-state index in [9.17, 15) is 14.4 Å². The van der Waals surface area contributed by atoms with E-state index < -0.39 is 6.10 Å². The molecule has 0 fully saturated rings. The van der Waals surface area contributed by atoms with Gasteiger partial charge in [0.05, 0.1) is 0 Å². The third-order valence-electron chi connectivity index (χ3n) is 15.9. The van der Waals surface area contributed by atoms with Crippen LogP contribution in [0.3, 0.4) is 0 Å². The molecule has 0 saturated heterocycles. The average Bonchev–Trinajstić information content (AvgIpc) is 3.49. The molecule has 0 heterocycles. The van der Waals surface area contributed by atoms with Crippen LogP contribution >= 0.6 is 0 Å². The molecule has 1 unspecified atom stereocenters. The van der Waals surface area contributed by atoms with Crippen LogP contribution in [0.15, 0.2) is 85.1 Å². The highest BCUT2D eigenvalue weighted by Gasteiger charge is 2.19. The van der Waals surface area contributed by atoms with Crippen molar-refractivity contribution in [3.63, 3.8) is 0 Å². The minimum atomic E-state index is -0.791. The number of carbonyl (C=O) groups excluding carboxylic acids is 3. The summed E-state index contributed by atoms with van der Waals surface area (Å²) in [5.74, 6) is -0.886. The first-order chi connectivity index (χ1) is 41.0. The van der Waals surface area contributed by atoms with Gasteiger partial charge in [0.25, 0.3) is 0 Å². The molecule has 0 aromatic rings. The lowest BCUT2D eigenvalue weighted by Crippen LogP contribution is -2.30.